The summed E-state index contributed by atoms with van der Waals surface area (Å²) in [7, 11) is 3.17. The number of ether oxygens (including phenoxy) is 2. The Morgan fingerprint density at radius 1 is 1.05 bits per heavy atom. The third-order valence-electron chi connectivity index (χ3n) is 2.89. The van der Waals surface area contributed by atoms with Crippen molar-refractivity contribution in [2.45, 2.75) is 0 Å². The Kier molecular flexibility index (Phi) is 4.35. The van der Waals surface area contributed by atoms with E-state index in [9.17, 15) is 0 Å². The molecule has 0 saturated carbocycles. The van der Waals surface area contributed by atoms with Crippen molar-refractivity contribution >= 4 is 5.57 Å². The molecule has 0 fully saturated rings. The molecule has 1 heterocycles. The predicted octanol–water partition coefficient (Wildman–Crippen LogP) is 3.05. The number of allylic oxidation sites excluding steroid dienone is 1. The summed E-state index contributed by atoms with van der Waals surface area (Å²) in [6.45, 7) is 0. The van der Waals surface area contributed by atoms with E-state index >= 15 is 0 Å². The minimum absolute atomic E-state index is 0.628. The van der Waals surface area contributed by atoms with Gasteiger partial charge in [0.25, 0.3) is 0 Å². The van der Waals surface area contributed by atoms with Crippen molar-refractivity contribution in [3.8, 4) is 17.6 Å². The van der Waals surface area contributed by atoms with Gasteiger partial charge in [0.15, 0.2) is 11.5 Å². The average Bonchev–Trinajstić information content (AvgIpc) is 2.52. The van der Waals surface area contributed by atoms with Gasteiger partial charge in [-0.15, -0.1) is 0 Å². The van der Waals surface area contributed by atoms with Crippen molar-refractivity contribution in [3.05, 3.63) is 59.9 Å². The molecule has 0 aliphatic heterocycles. The molecule has 4 heteroatoms. The molecule has 0 bridgehead atoms. The maximum atomic E-state index is 8.99. The van der Waals surface area contributed by atoms with E-state index in [1.165, 1.54) is 6.08 Å². The second-order valence-corrected chi connectivity index (χ2v) is 3.99. The quantitative estimate of drug-likeness (QED) is 0.798. The second-order valence-electron chi connectivity index (χ2n) is 3.99. The number of pyridine rings is 1. The molecule has 2 rings (SSSR count). The van der Waals surface area contributed by atoms with E-state index in [0.29, 0.717) is 11.5 Å². The standard InChI is InChI=1S/C16H14N2O2/c1-19-15-4-3-13(11-16(15)20-2)14(5-8-17)12-6-9-18-10-7-12/h3-7,9-11H,1-2H3/b14-5+. The molecule has 0 radical (unpaired) electrons. The number of methoxy groups -OCH3 is 2. The van der Waals surface area contributed by atoms with Crippen molar-refractivity contribution in [3.63, 3.8) is 0 Å². The molecule has 0 aliphatic rings. The largest absolute Gasteiger partial charge is 0.493 e. The molecule has 1 aromatic heterocycles. The van der Waals surface area contributed by atoms with Gasteiger partial charge >= 0.3 is 0 Å². The van der Waals surface area contributed by atoms with Crippen LogP contribution in [0.15, 0.2) is 48.8 Å². The van der Waals surface area contributed by atoms with Gasteiger partial charge < -0.3 is 9.47 Å². The molecule has 0 saturated heterocycles. The summed E-state index contributed by atoms with van der Waals surface area (Å²) < 4.78 is 10.5. The van der Waals surface area contributed by atoms with Crippen LogP contribution in [-0.2, 0) is 0 Å². The lowest BCUT2D eigenvalue weighted by Crippen LogP contribution is -1.94. The highest BCUT2D eigenvalue weighted by atomic mass is 16.5. The van der Waals surface area contributed by atoms with Crippen LogP contribution < -0.4 is 9.47 Å². The molecule has 0 amide bonds. The van der Waals surface area contributed by atoms with E-state index in [1.54, 1.807) is 26.6 Å². The lowest BCUT2D eigenvalue weighted by Gasteiger charge is -2.11. The Morgan fingerprint density at radius 2 is 1.75 bits per heavy atom. The first kappa shape index (κ1) is 13.6. The van der Waals surface area contributed by atoms with Crippen LogP contribution in [-0.4, -0.2) is 19.2 Å². The summed E-state index contributed by atoms with van der Waals surface area (Å²) in [5.41, 5.74) is 2.63. The number of rotatable bonds is 4. The molecular weight excluding hydrogens is 252 g/mol. The van der Waals surface area contributed by atoms with Gasteiger partial charge in [-0.25, -0.2) is 0 Å². The van der Waals surface area contributed by atoms with Gasteiger partial charge in [0.2, 0.25) is 0 Å². The van der Waals surface area contributed by atoms with Crippen LogP contribution in [0.5, 0.6) is 11.5 Å². The highest BCUT2D eigenvalue weighted by Gasteiger charge is 2.09. The molecule has 1 aromatic carbocycles. The van der Waals surface area contributed by atoms with E-state index in [0.717, 1.165) is 16.7 Å². The smallest absolute Gasteiger partial charge is 0.161 e. The van der Waals surface area contributed by atoms with Crippen molar-refractivity contribution in [2.75, 3.05) is 14.2 Å². The number of hydrogen-bond acceptors (Lipinski definition) is 4. The molecular formula is C16H14N2O2. The fraction of sp³-hybridized carbons (Fsp3) is 0.125. The van der Waals surface area contributed by atoms with E-state index in [2.05, 4.69) is 11.1 Å². The fourth-order valence-electron chi connectivity index (χ4n) is 1.93. The molecule has 0 unspecified atom stereocenters. The number of aromatic nitrogens is 1. The molecule has 2 aromatic rings. The van der Waals surface area contributed by atoms with Gasteiger partial charge in [0.1, 0.15) is 0 Å². The monoisotopic (exact) mass is 266 g/mol. The minimum Gasteiger partial charge on any atom is -0.493 e. The van der Waals surface area contributed by atoms with Crippen LogP contribution in [0, 0.1) is 11.3 Å². The van der Waals surface area contributed by atoms with Gasteiger partial charge in [-0.05, 0) is 41.0 Å². The lowest BCUT2D eigenvalue weighted by molar-refractivity contribution is 0.355. The topological polar surface area (TPSA) is 55.1 Å². The lowest BCUT2D eigenvalue weighted by atomic mass is 9.98. The van der Waals surface area contributed by atoms with Gasteiger partial charge in [0.05, 0.1) is 20.3 Å². The summed E-state index contributed by atoms with van der Waals surface area (Å²) in [4.78, 5) is 3.99. The third kappa shape index (κ3) is 2.78. The van der Waals surface area contributed by atoms with Crippen molar-refractivity contribution < 1.29 is 9.47 Å². The highest BCUT2D eigenvalue weighted by molar-refractivity contribution is 5.82. The first-order valence-corrected chi connectivity index (χ1v) is 6.02. The van der Waals surface area contributed by atoms with Crippen LogP contribution in [0.3, 0.4) is 0 Å². The normalized spacial score (nSPS) is 10.8. The highest BCUT2D eigenvalue weighted by Crippen LogP contribution is 2.32. The van der Waals surface area contributed by atoms with Gasteiger partial charge in [-0.1, -0.05) is 6.07 Å². The molecule has 4 nitrogen and oxygen atoms in total. The Morgan fingerprint density at radius 3 is 2.35 bits per heavy atom. The zero-order valence-corrected chi connectivity index (χ0v) is 11.3. The fourth-order valence-corrected chi connectivity index (χ4v) is 1.93. The van der Waals surface area contributed by atoms with Gasteiger partial charge in [-0.3, -0.25) is 4.98 Å². The summed E-state index contributed by atoms with van der Waals surface area (Å²) >= 11 is 0. The molecule has 0 N–H and O–H groups in total. The summed E-state index contributed by atoms with van der Waals surface area (Å²) in [5.74, 6) is 1.28. The van der Waals surface area contributed by atoms with Crippen LogP contribution in [0.2, 0.25) is 0 Å². The van der Waals surface area contributed by atoms with Crippen molar-refractivity contribution in [1.29, 1.82) is 5.26 Å². The van der Waals surface area contributed by atoms with Crippen molar-refractivity contribution in [2.24, 2.45) is 0 Å². The van der Waals surface area contributed by atoms with E-state index in [1.807, 2.05) is 30.3 Å². The number of nitrogens with zero attached hydrogens (tertiary/aromatic N) is 2. The molecule has 0 atom stereocenters. The van der Waals surface area contributed by atoms with E-state index in [4.69, 9.17) is 14.7 Å². The Hall–Kier alpha value is -2.80. The van der Waals surface area contributed by atoms with E-state index in [-0.39, 0.29) is 0 Å². The Labute approximate surface area is 117 Å². The van der Waals surface area contributed by atoms with E-state index < -0.39 is 0 Å². The van der Waals surface area contributed by atoms with Crippen LogP contribution in [0.25, 0.3) is 5.57 Å². The van der Waals surface area contributed by atoms with Gasteiger partial charge in [-0.2, -0.15) is 5.26 Å². The second kappa shape index (κ2) is 6.39. The maximum absolute atomic E-state index is 8.99. The third-order valence-corrected chi connectivity index (χ3v) is 2.89. The minimum atomic E-state index is 0.628. The summed E-state index contributed by atoms with van der Waals surface area (Å²) in [5, 5.41) is 8.99. The first-order valence-electron chi connectivity index (χ1n) is 6.02. The SMILES string of the molecule is COc1ccc(/C(=C/C#N)c2ccncc2)cc1OC. The van der Waals surface area contributed by atoms with Crippen molar-refractivity contribution in [1.82, 2.24) is 4.98 Å². The number of benzene rings is 1. The Balaban J connectivity index is 2.52. The molecule has 100 valence electrons. The molecule has 20 heavy (non-hydrogen) atoms. The average molecular weight is 266 g/mol. The van der Waals surface area contributed by atoms with Crippen LogP contribution in [0.4, 0.5) is 0 Å². The summed E-state index contributed by atoms with van der Waals surface area (Å²) in [6, 6.07) is 11.4. The Bertz CT molecular complexity index is 658. The van der Waals surface area contributed by atoms with Crippen LogP contribution >= 0.6 is 0 Å². The van der Waals surface area contributed by atoms with Crippen LogP contribution in [0.1, 0.15) is 11.1 Å². The zero-order chi connectivity index (χ0) is 14.4. The zero-order valence-electron chi connectivity index (χ0n) is 11.3. The summed E-state index contributed by atoms with van der Waals surface area (Å²) in [6.07, 6.45) is 4.90. The van der Waals surface area contributed by atoms with Gasteiger partial charge in [0, 0.05) is 18.5 Å². The number of hydrogen-bond donors (Lipinski definition) is 0. The molecule has 0 aliphatic carbocycles. The first-order chi connectivity index (χ1) is 9.80. The predicted molar refractivity (Wildman–Crippen MR) is 76.5 cm³/mol. The maximum Gasteiger partial charge on any atom is 0.161 e. The molecule has 0 spiro atoms. The number of nitriles is 1.